The van der Waals surface area contributed by atoms with Crippen molar-refractivity contribution < 1.29 is 13.2 Å². The van der Waals surface area contributed by atoms with E-state index in [1.54, 1.807) is 6.92 Å². The number of carbonyl (C=O) groups is 1. The molecular formula is C8H14O3S. The van der Waals surface area contributed by atoms with Crippen LogP contribution in [-0.4, -0.2) is 26.2 Å². The molecule has 0 aromatic carbocycles. The molecular weight excluding hydrogens is 176 g/mol. The minimum Gasteiger partial charge on any atom is -0.303 e. The summed E-state index contributed by atoms with van der Waals surface area (Å²) in [5.41, 5.74) is 0. The highest BCUT2D eigenvalue weighted by Crippen LogP contribution is 2.23. The van der Waals surface area contributed by atoms with Crippen LogP contribution in [-0.2, 0) is 14.6 Å². The van der Waals surface area contributed by atoms with Crippen LogP contribution in [0, 0.1) is 11.8 Å². The summed E-state index contributed by atoms with van der Waals surface area (Å²) in [6, 6.07) is 0. The predicted molar refractivity (Wildman–Crippen MR) is 46.6 cm³/mol. The minimum atomic E-state index is -2.85. The molecule has 1 aliphatic heterocycles. The standard InChI is InChI=1S/C8H14O3S/c1-7(5-9)8-3-2-4-12(10,11)6-8/h5,7-8H,2-4,6H2,1H3. The van der Waals surface area contributed by atoms with Gasteiger partial charge in [-0.05, 0) is 18.8 Å². The molecule has 2 atom stereocenters. The van der Waals surface area contributed by atoms with Gasteiger partial charge in [-0.3, -0.25) is 0 Å². The lowest BCUT2D eigenvalue weighted by atomic mass is 9.93. The van der Waals surface area contributed by atoms with Gasteiger partial charge in [-0.15, -0.1) is 0 Å². The molecule has 0 N–H and O–H groups in total. The van der Waals surface area contributed by atoms with Crippen molar-refractivity contribution in [2.75, 3.05) is 11.5 Å². The average molecular weight is 190 g/mol. The van der Waals surface area contributed by atoms with Gasteiger partial charge in [0, 0.05) is 5.92 Å². The molecule has 0 amide bonds. The zero-order valence-corrected chi connectivity index (χ0v) is 8.01. The molecule has 0 aliphatic carbocycles. The summed E-state index contributed by atoms with van der Waals surface area (Å²) in [6.07, 6.45) is 2.44. The maximum atomic E-state index is 11.2. The van der Waals surface area contributed by atoms with Crippen molar-refractivity contribution in [1.82, 2.24) is 0 Å². The third-order valence-corrected chi connectivity index (χ3v) is 4.30. The fraction of sp³-hybridized carbons (Fsp3) is 0.875. The van der Waals surface area contributed by atoms with Crippen LogP contribution in [0.3, 0.4) is 0 Å². The second kappa shape index (κ2) is 3.56. The van der Waals surface area contributed by atoms with E-state index in [1.807, 2.05) is 0 Å². The molecule has 0 aromatic heterocycles. The molecule has 1 saturated heterocycles. The second-order valence-corrected chi connectivity index (χ2v) is 5.74. The minimum absolute atomic E-state index is 0.0567. The van der Waals surface area contributed by atoms with E-state index >= 15 is 0 Å². The SMILES string of the molecule is CC(C=O)C1CCCS(=O)(=O)C1. The van der Waals surface area contributed by atoms with Gasteiger partial charge in [0.05, 0.1) is 11.5 Å². The van der Waals surface area contributed by atoms with Crippen molar-refractivity contribution in [3.63, 3.8) is 0 Å². The van der Waals surface area contributed by atoms with Crippen molar-refractivity contribution in [3.8, 4) is 0 Å². The zero-order chi connectivity index (χ0) is 9.19. The van der Waals surface area contributed by atoms with Gasteiger partial charge in [0.1, 0.15) is 6.29 Å². The van der Waals surface area contributed by atoms with Crippen molar-refractivity contribution in [2.24, 2.45) is 11.8 Å². The Labute approximate surface area is 73.1 Å². The molecule has 12 heavy (non-hydrogen) atoms. The molecule has 1 aliphatic rings. The lowest BCUT2D eigenvalue weighted by molar-refractivity contribution is -0.111. The normalized spacial score (nSPS) is 30.9. The van der Waals surface area contributed by atoms with E-state index < -0.39 is 9.84 Å². The van der Waals surface area contributed by atoms with Crippen LogP contribution in [0.1, 0.15) is 19.8 Å². The first-order chi connectivity index (χ1) is 5.55. The van der Waals surface area contributed by atoms with Gasteiger partial charge in [0.2, 0.25) is 0 Å². The lowest BCUT2D eigenvalue weighted by Gasteiger charge is -2.23. The number of hydrogen-bond acceptors (Lipinski definition) is 3. The van der Waals surface area contributed by atoms with Gasteiger partial charge < -0.3 is 4.79 Å². The number of hydrogen-bond donors (Lipinski definition) is 0. The molecule has 0 bridgehead atoms. The van der Waals surface area contributed by atoms with Crippen LogP contribution >= 0.6 is 0 Å². The van der Waals surface area contributed by atoms with Gasteiger partial charge in [-0.25, -0.2) is 8.42 Å². The van der Waals surface area contributed by atoms with E-state index in [2.05, 4.69) is 0 Å². The molecule has 0 radical (unpaired) electrons. The highest BCUT2D eigenvalue weighted by Gasteiger charge is 2.28. The second-order valence-electron chi connectivity index (χ2n) is 3.51. The van der Waals surface area contributed by atoms with E-state index in [4.69, 9.17) is 0 Å². The van der Waals surface area contributed by atoms with Gasteiger partial charge >= 0.3 is 0 Å². The molecule has 0 aromatic rings. The summed E-state index contributed by atoms with van der Waals surface area (Å²) in [6.45, 7) is 1.79. The van der Waals surface area contributed by atoms with Crippen LogP contribution in [0.2, 0.25) is 0 Å². The van der Waals surface area contributed by atoms with E-state index in [0.29, 0.717) is 12.2 Å². The van der Waals surface area contributed by atoms with Crippen LogP contribution in [0.4, 0.5) is 0 Å². The summed E-state index contributed by atoms with van der Waals surface area (Å²) in [5, 5.41) is 0. The summed E-state index contributed by atoms with van der Waals surface area (Å²) >= 11 is 0. The Hall–Kier alpha value is -0.380. The van der Waals surface area contributed by atoms with E-state index in [0.717, 1.165) is 12.7 Å². The molecule has 1 rings (SSSR count). The van der Waals surface area contributed by atoms with E-state index in [-0.39, 0.29) is 17.6 Å². The zero-order valence-electron chi connectivity index (χ0n) is 7.19. The van der Waals surface area contributed by atoms with Crippen molar-refractivity contribution in [1.29, 1.82) is 0 Å². The van der Waals surface area contributed by atoms with Gasteiger partial charge in [0.15, 0.2) is 9.84 Å². The monoisotopic (exact) mass is 190 g/mol. The molecule has 70 valence electrons. The number of rotatable bonds is 2. The Kier molecular flexibility index (Phi) is 2.88. The fourth-order valence-corrected chi connectivity index (χ4v) is 3.48. The third-order valence-electron chi connectivity index (χ3n) is 2.46. The Morgan fingerprint density at radius 3 is 2.67 bits per heavy atom. The molecule has 3 nitrogen and oxygen atoms in total. The molecule has 1 heterocycles. The molecule has 2 unspecified atom stereocenters. The van der Waals surface area contributed by atoms with Gasteiger partial charge in [-0.2, -0.15) is 0 Å². The maximum absolute atomic E-state index is 11.2. The fourth-order valence-electron chi connectivity index (χ4n) is 1.58. The Morgan fingerprint density at radius 2 is 2.17 bits per heavy atom. The summed E-state index contributed by atoms with van der Waals surface area (Å²) in [4.78, 5) is 10.4. The van der Waals surface area contributed by atoms with Crippen LogP contribution in [0.25, 0.3) is 0 Å². The first kappa shape index (κ1) is 9.71. The van der Waals surface area contributed by atoms with Crippen molar-refractivity contribution in [3.05, 3.63) is 0 Å². The highest BCUT2D eigenvalue weighted by atomic mass is 32.2. The molecule has 1 fully saturated rings. The van der Waals surface area contributed by atoms with Gasteiger partial charge in [0.25, 0.3) is 0 Å². The summed E-state index contributed by atoms with van der Waals surface area (Å²) in [5.74, 6) is 0.448. The molecule has 0 saturated carbocycles. The Bertz CT molecular complexity index is 255. The number of carbonyl (C=O) groups excluding carboxylic acids is 1. The average Bonchev–Trinajstić information content (AvgIpc) is 2.01. The lowest BCUT2D eigenvalue weighted by Crippen LogP contribution is -2.29. The highest BCUT2D eigenvalue weighted by molar-refractivity contribution is 7.91. The Balaban J connectivity index is 2.64. The Morgan fingerprint density at radius 1 is 1.50 bits per heavy atom. The van der Waals surface area contributed by atoms with Crippen molar-refractivity contribution in [2.45, 2.75) is 19.8 Å². The quantitative estimate of drug-likeness (QED) is 0.601. The third kappa shape index (κ3) is 2.30. The van der Waals surface area contributed by atoms with Crippen molar-refractivity contribution >= 4 is 16.1 Å². The molecule has 4 heteroatoms. The smallest absolute Gasteiger partial charge is 0.150 e. The predicted octanol–water partition coefficient (Wildman–Crippen LogP) is 0.646. The molecule has 0 spiro atoms. The number of aldehydes is 1. The topological polar surface area (TPSA) is 51.2 Å². The van der Waals surface area contributed by atoms with Crippen LogP contribution < -0.4 is 0 Å². The summed E-state index contributed by atoms with van der Waals surface area (Å²) in [7, 11) is -2.85. The largest absolute Gasteiger partial charge is 0.303 e. The van der Waals surface area contributed by atoms with Crippen LogP contribution in [0.5, 0.6) is 0 Å². The van der Waals surface area contributed by atoms with E-state index in [9.17, 15) is 13.2 Å². The first-order valence-electron chi connectivity index (χ1n) is 4.21. The first-order valence-corrected chi connectivity index (χ1v) is 6.03. The van der Waals surface area contributed by atoms with Crippen LogP contribution in [0.15, 0.2) is 0 Å². The number of sulfone groups is 1. The summed E-state index contributed by atoms with van der Waals surface area (Å²) < 4.78 is 22.3. The van der Waals surface area contributed by atoms with E-state index in [1.165, 1.54) is 0 Å². The van der Waals surface area contributed by atoms with Gasteiger partial charge in [-0.1, -0.05) is 6.92 Å². The maximum Gasteiger partial charge on any atom is 0.150 e.